The summed E-state index contributed by atoms with van der Waals surface area (Å²) in [5, 5.41) is 8.87. The van der Waals surface area contributed by atoms with E-state index in [4.69, 9.17) is 5.11 Å². The topological polar surface area (TPSA) is 87.6 Å². The highest BCUT2D eigenvalue weighted by Gasteiger charge is 2.29. The first-order chi connectivity index (χ1) is 8.41. The van der Waals surface area contributed by atoms with Gasteiger partial charge in [-0.15, -0.1) is 11.3 Å². The van der Waals surface area contributed by atoms with Gasteiger partial charge in [0.1, 0.15) is 0 Å². The second-order valence-electron chi connectivity index (χ2n) is 3.83. The third kappa shape index (κ3) is 3.27. The molecule has 0 radical (unpaired) electrons. The second kappa shape index (κ2) is 6.26. The summed E-state index contributed by atoms with van der Waals surface area (Å²) in [7, 11) is -2.29. The number of thiazole rings is 1. The van der Waals surface area contributed by atoms with E-state index >= 15 is 0 Å². The predicted molar refractivity (Wildman–Crippen MR) is 68.4 cm³/mol. The number of nitrogens with zero attached hydrogens (tertiary/aromatic N) is 2. The second-order valence-corrected chi connectivity index (χ2v) is 6.92. The van der Waals surface area contributed by atoms with Crippen LogP contribution in [-0.4, -0.2) is 42.4 Å². The van der Waals surface area contributed by atoms with Crippen molar-refractivity contribution in [3.63, 3.8) is 0 Å². The van der Waals surface area contributed by atoms with Crippen molar-refractivity contribution in [2.24, 2.45) is 0 Å². The van der Waals surface area contributed by atoms with E-state index in [0.29, 0.717) is 6.54 Å². The summed E-state index contributed by atoms with van der Waals surface area (Å²) in [5.74, 6) is -1.32. The van der Waals surface area contributed by atoms with Crippen molar-refractivity contribution in [3.05, 3.63) is 11.2 Å². The van der Waals surface area contributed by atoms with Crippen molar-refractivity contribution in [1.29, 1.82) is 0 Å². The van der Waals surface area contributed by atoms with Crippen molar-refractivity contribution in [3.8, 4) is 0 Å². The number of hydrogen-bond donors (Lipinski definition) is 1. The van der Waals surface area contributed by atoms with E-state index in [1.165, 1.54) is 16.9 Å². The van der Waals surface area contributed by atoms with E-state index in [0.717, 1.165) is 30.6 Å². The first kappa shape index (κ1) is 15.1. The van der Waals surface area contributed by atoms with Crippen molar-refractivity contribution < 1.29 is 18.3 Å². The van der Waals surface area contributed by atoms with E-state index in [2.05, 4.69) is 4.98 Å². The quantitative estimate of drug-likeness (QED) is 0.772. The van der Waals surface area contributed by atoms with Crippen LogP contribution >= 0.6 is 11.3 Å². The van der Waals surface area contributed by atoms with Crippen LogP contribution in [0, 0.1) is 0 Å². The number of sulfonamides is 1. The smallest absolute Gasteiger partial charge is 0.356 e. The maximum Gasteiger partial charge on any atom is 0.356 e. The number of carboxylic acids is 1. The van der Waals surface area contributed by atoms with Gasteiger partial charge in [0.2, 0.25) is 0 Å². The molecule has 0 atom stereocenters. The Morgan fingerprint density at radius 1 is 1.50 bits per heavy atom. The molecular formula is C10H16N2O4S2. The van der Waals surface area contributed by atoms with Crippen molar-refractivity contribution >= 4 is 27.3 Å². The Morgan fingerprint density at radius 3 is 2.72 bits per heavy atom. The Balaban J connectivity index is 2.92. The zero-order valence-corrected chi connectivity index (χ0v) is 11.9. The first-order valence-electron chi connectivity index (χ1n) is 5.54. The fraction of sp³-hybridized carbons (Fsp3) is 0.600. The van der Waals surface area contributed by atoms with Crippen LogP contribution in [0.2, 0.25) is 0 Å². The minimum atomic E-state index is -3.74. The third-order valence-corrected chi connectivity index (χ3v) is 5.66. The normalized spacial score (nSPS) is 11.9. The van der Waals surface area contributed by atoms with E-state index in [-0.39, 0.29) is 4.21 Å². The number of carbonyl (C=O) groups is 1. The first-order valence-corrected chi connectivity index (χ1v) is 7.86. The molecule has 1 heterocycles. The van der Waals surface area contributed by atoms with Gasteiger partial charge in [0.15, 0.2) is 9.90 Å². The lowest BCUT2D eigenvalue weighted by Gasteiger charge is -2.15. The largest absolute Gasteiger partial charge is 0.476 e. The van der Waals surface area contributed by atoms with Gasteiger partial charge in [0.25, 0.3) is 10.0 Å². The Labute approximate surface area is 110 Å². The average Bonchev–Trinajstić information content (AvgIpc) is 2.78. The highest BCUT2D eigenvalue weighted by molar-refractivity contribution is 7.91. The van der Waals surface area contributed by atoms with Gasteiger partial charge in [-0.25, -0.2) is 22.5 Å². The number of unbranched alkanes of at least 4 members (excludes halogenated alkanes) is 2. The Kier molecular flexibility index (Phi) is 5.24. The van der Waals surface area contributed by atoms with Crippen LogP contribution in [0.1, 0.15) is 36.7 Å². The third-order valence-electron chi connectivity index (χ3n) is 2.46. The number of rotatable bonds is 7. The molecule has 0 saturated heterocycles. The molecule has 6 nitrogen and oxygen atoms in total. The number of aromatic carboxylic acids is 1. The van der Waals surface area contributed by atoms with Crippen LogP contribution in [0.5, 0.6) is 0 Å². The molecule has 18 heavy (non-hydrogen) atoms. The summed E-state index contributed by atoms with van der Waals surface area (Å²) in [6.07, 6.45) is 2.69. The Hall–Kier alpha value is -0.990. The van der Waals surface area contributed by atoms with Crippen LogP contribution in [0.3, 0.4) is 0 Å². The maximum absolute atomic E-state index is 12.1. The molecule has 0 aliphatic heterocycles. The molecule has 1 aromatic rings. The van der Waals surface area contributed by atoms with E-state index in [9.17, 15) is 13.2 Å². The minimum Gasteiger partial charge on any atom is -0.476 e. The summed E-state index contributed by atoms with van der Waals surface area (Å²) >= 11 is 0.831. The standard InChI is InChI=1S/C10H16N2O4S2/c1-3-4-5-6-12(2)18(15,16)10-8(9(13)14)11-7-17-10/h7H,3-6H2,1-2H3,(H,13,14). The van der Waals surface area contributed by atoms with E-state index in [1.54, 1.807) is 0 Å². The maximum atomic E-state index is 12.1. The van der Waals surface area contributed by atoms with Crippen LogP contribution in [0.15, 0.2) is 9.72 Å². The van der Waals surface area contributed by atoms with Gasteiger partial charge in [-0.05, 0) is 6.42 Å². The molecule has 1 rings (SSSR count). The summed E-state index contributed by atoms with van der Waals surface area (Å²) < 4.78 is 25.3. The van der Waals surface area contributed by atoms with Gasteiger partial charge in [0, 0.05) is 13.6 Å². The van der Waals surface area contributed by atoms with Crippen LogP contribution in [0.4, 0.5) is 0 Å². The summed E-state index contributed by atoms with van der Waals surface area (Å²) in [6, 6.07) is 0. The lowest BCUT2D eigenvalue weighted by atomic mass is 10.2. The summed E-state index contributed by atoms with van der Waals surface area (Å²) in [6.45, 7) is 2.41. The molecular weight excluding hydrogens is 276 g/mol. The molecule has 8 heteroatoms. The zero-order valence-electron chi connectivity index (χ0n) is 10.3. The number of hydrogen-bond acceptors (Lipinski definition) is 5. The highest BCUT2D eigenvalue weighted by Crippen LogP contribution is 2.23. The van der Waals surface area contributed by atoms with Gasteiger partial charge in [-0.3, -0.25) is 0 Å². The van der Waals surface area contributed by atoms with Crippen LogP contribution in [0.25, 0.3) is 0 Å². The van der Waals surface area contributed by atoms with E-state index in [1.807, 2.05) is 6.92 Å². The Bertz CT molecular complexity index is 510. The number of carboxylic acid groups (broad SMARTS) is 1. The van der Waals surface area contributed by atoms with Crippen molar-refractivity contribution in [1.82, 2.24) is 9.29 Å². The highest BCUT2D eigenvalue weighted by atomic mass is 32.2. The van der Waals surface area contributed by atoms with Crippen LogP contribution in [-0.2, 0) is 10.0 Å². The minimum absolute atomic E-state index is 0.200. The van der Waals surface area contributed by atoms with E-state index < -0.39 is 21.7 Å². The molecule has 1 aromatic heterocycles. The molecule has 0 aliphatic rings. The molecule has 102 valence electrons. The fourth-order valence-corrected chi connectivity index (χ4v) is 3.95. The lowest BCUT2D eigenvalue weighted by Crippen LogP contribution is -2.28. The molecule has 1 N–H and O–H groups in total. The molecule has 0 unspecified atom stereocenters. The van der Waals surface area contributed by atoms with Crippen molar-refractivity contribution in [2.45, 2.75) is 30.4 Å². The molecule has 0 amide bonds. The average molecular weight is 292 g/mol. The van der Waals surface area contributed by atoms with Gasteiger partial charge in [0.05, 0.1) is 5.51 Å². The fourth-order valence-electron chi connectivity index (χ4n) is 1.41. The van der Waals surface area contributed by atoms with Gasteiger partial charge in [-0.1, -0.05) is 19.8 Å². The molecule has 0 saturated carbocycles. The number of aromatic nitrogens is 1. The predicted octanol–water partition coefficient (Wildman–Crippen LogP) is 1.65. The SMILES string of the molecule is CCCCCN(C)S(=O)(=O)c1scnc1C(=O)O. The van der Waals surface area contributed by atoms with Crippen LogP contribution < -0.4 is 0 Å². The molecule has 0 spiro atoms. The molecule has 0 aromatic carbocycles. The Morgan fingerprint density at radius 2 is 2.17 bits per heavy atom. The summed E-state index contributed by atoms with van der Waals surface area (Å²) in [4.78, 5) is 14.4. The van der Waals surface area contributed by atoms with Crippen molar-refractivity contribution in [2.75, 3.05) is 13.6 Å². The summed E-state index contributed by atoms with van der Waals surface area (Å²) in [5.41, 5.74) is 0.832. The molecule has 0 aliphatic carbocycles. The lowest BCUT2D eigenvalue weighted by molar-refractivity contribution is 0.0687. The van der Waals surface area contributed by atoms with Gasteiger partial charge in [-0.2, -0.15) is 0 Å². The van der Waals surface area contributed by atoms with Gasteiger partial charge >= 0.3 is 5.97 Å². The molecule has 0 bridgehead atoms. The van der Waals surface area contributed by atoms with Gasteiger partial charge < -0.3 is 5.11 Å². The zero-order chi connectivity index (χ0) is 13.8. The molecule has 0 fully saturated rings. The monoisotopic (exact) mass is 292 g/mol.